The number of aliphatic hydroxyl groups is 1. The summed E-state index contributed by atoms with van der Waals surface area (Å²) in [6.07, 6.45) is 0.454. The molecule has 0 saturated carbocycles. The van der Waals surface area contributed by atoms with Crippen LogP contribution in [0, 0.1) is 0 Å². The zero-order valence-corrected chi connectivity index (χ0v) is 12.8. The molecule has 0 aliphatic heterocycles. The third-order valence-electron chi connectivity index (χ3n) is 3.81. The summed E-state index contributed by atoms with van der Waals surface area (Å²) in [7, 11) is 1.92. The summed E-state index contributed by atoms with van der Waals surface area (Å²) >= 11 is 5.91. The molecule has 1 N–H and O–H groups in total. The van der Waals surface area contributed by atoms with Crippen LogP contribution in [0.1, 0.15) is 18.2 Å². The van der Waals surface area contributed by atoms with Crippen molar-refractivity contribution in [3.05, 3.63) is 64.8 Å². The number of hydrogen-bond donors (Lipinski definition) is 1. The maximum absolute atomic E-state index is 10.8. The summed E-state index contributed by atoms with van der Waals surface area (Å²) in [6.45, 7) is 1.81. The fourth-order valence-corrected chi connectivity index (χ4v) is 2.78. The number of fused-ring (bicyclic) bond motifs is 1. The molecule has 4 heteroatoms. The van der Waals surface area contributed by atoms with Crippen molar-refractivity contribution in [2.45, 2.75) is 18.9 Å². The molecule has 1 aromatic heterocycles. The molecule has 2 aromatic carbocycles. The molecule has 1 unspecified atom stereocenters. The van der Waals surface area contributed by atoms with Crippen molar-refractivity contribution in [3.63, 3.8) is 0 Å². The first kappa shape index (κ1) is 14.1. The van der Waals surface area contributed by atoms with E-state index in [0.29, 0.717) is 11.4 Å². The predicted octanol–water partition coefficient (Wildman–Crippen LogP) is 3.68. The van der Waals surface area contributed by atoms with E-state index < -0.39 is 5.60 Å². The highest BCUT2D eigenvalue weighted by Gasteiger charge is 2.26. The average Bonchev–Trinajstić information content (AvgIpc) is 2.76. The molecule has 108 valence electrons. The molecule has 0 amide bonds. The molecule has 0 radical (unpaired) electrons. The maximum Gasteiger partial charge on any atom is 0.0924 e. The van der Waals surface area contributed by atoms with Gasteiger partial charge in [0, 0.05) is 23.9 Å². The predicted molar refractivity (Wildman–Crippen MR) is 85.4 cm³/mol. The maximum atomic E-state index is 10.8. The summed E-state index contributed by atoms with van der Waals surface area (Å²) in [5, 5.41) is 17.1. The number of para-hydroxylation sites is 1. The van der Waals surface area contributed by atoms with Crippen molar-refractivity contribution >= 4 is 22.5 Å². The van der Waals surface area contributed by atoms with E-state index in [4.69, 9.17) is 11.6 Å². The van der Waals surface area contributed by atoms with Gasteiger partial charge in [0.2, 0.25) is 0 Å². The van der Waals surface area contributed by atoms with Crippen molar-refractivity contribution in [2.24, 2.45) is 7.05 Å². The Labute approximate surface area is 128 Å². The second kappa shape index (κ2) is 5.17. The number of nitrogens with zero attached hydrogens (tertiary/aromatic N) is 2. The highest BCUT2D eigenvalue weighted by atomic mass is 35.5. The number of rotatable bonds is 3. The first-order chi connectivity index (χ1) is 9.97. The van der Waals surface area contributed by atoms with Crippen LogP contribution in [0.2, 0.25) is 5.02 Å². The van der Waals surface area contributed by atoms with Gasteiger partial charge >= 0.3 is 0 Å². The van der Waals surface area contributed by atoms with Gasteiger partial charge in [0.05, 0.1) is 16.8 Å². The standard InChI is InChI=1S/C17H17ClN2O/c1-17(21,12-7-9-13(18)10-8-12)11-15-14-5-3-4-6-16(14)20(2)19-15/h3-10,21H,11H2,1-2H3. The van der Waals surface area contributed by atoms with Crippen molar-refractivity contribution in [3.8, 4) is 0 Å². The zero-order valence-electron chi connectivity index (χ0n) is 12.0. The van der Waals surface area contributed by atoms with E-state index in [9.17, 15) is 5.11 Å². The van der Waals surface area contributed by atoms with Crippen LogP contribution in [0.3, 0.4) is 0 Å². The summed E-state index contributed by atoms with van der Waals surface area (Å²) in [4.78, 5) is 0. The van der Waals surface area contributed by atoms with E-state index in [-0.39, 0.29) is 0 Å². The third-order valence-corrected chi connectivity index (χ3v) is 4.06. The van der Waals surface area contributed by atoms with Crippen LogP contribution >= 0.6 is 11.6 Å². The number of halogens is 1. The topological polar surface area (TPSA) is 38.0 Å². The number of aryl methyl sites for hydroxylation is 1. The molecule has 0 bridgehead atoms. The van der Waals surface area contributed by atoms with E-state index in [1.54, 1.807) is 19.1 Å². The lowest BCUT2D eigenvalue weighted by Crippen LogP contribution is -2.24. The molecule has 0 aliphatic rings. The van der Waals surface area contributed by atoms with Gasteiger partial charge in [-0.15, -0.1) is 0 Å². The third kappa shape index (κ3) is 2.67. The summed E-state index contributed by atoms with van der Waals surface area (Å²) in [5.74, 6) is 0. The normalized spacial score (nSPS) is 14.3. The van der Waals surface area contributed by atoms with E-state index in [1.807, 2.05) is 48.1 Å². The fourth-order valence-electron chi connectivity index (χ4n) is 2.66. The van der Waals surface area contributed by atoms with Crippen LogP contribution in [0.25, 0.3) is 10.9 Å². The smallest absolute Gasteiger partial charge is 0.0924 e. The highest BCUT2D eigenvalue weighted by Crippen LogP contribution is 2.29. The quantitative estimate of drug-likeness (QED) is 0.801. The van der Waals surface area contributed by atoms with Gasteiger partial charge in [-0.2, -0.15) is 5.10 Å². The number of aromatic nitrogens is 2. The van der Waals surface area contributed by atoms with E-state index in [0.717, 1.165) is 22.2 Å². The first-order valence-corrected chi connectivity index (χ1v) is 7.24. The lowest BCUT2D eigenvalue weighted by molar-refractivity contribution is 0.0568. The Hall–Kier alpha value is -1.84. The molecular weight excluding hydrogens is 284 g/mol. The lowest BCUT2D eigenvalue weighted by Gasteiger charge is -2.23. The molecule has 0 saturated heterocycles. The molecule has 1 heterocycles. The molecule has 3 nitrogen and oxygen atoms in total. The average molecular weight is 301 g/mol. The lowest BCUT2D eigenvalue weighted by atomic mass is 9.90. The molecule has 0 spiro atoms. The molecule has 3 aromatic rings. The second-order valence-corrected chi connectivity index (χ2v) is 5.98. The molecular formula is C17H17ClN2O. The minimum atomic E-state index is -0.984. The Bertz CT molecular complexity index is 775. The second-order valence-electron chi connectivity index (χ2n) is 5.54. The summed E-state index contributed by atoms with van der Waals surface area (Å²) < 4.78 is 1.85. The van der Waals surface area contributed by atoms with Gasteiger partial charge in [-0.05, 0) is 30.7 Å². The molecule has 3 rings (SSSR count). The van der Waals surface area contributed by atoms with Gasteiger partial charge in [-0.3, -0.25) is 4.68 Å². The molecule has 0 aliphatic carbocycles. The Morgan fingerprint density at radius 2 is 1.81 bits per heavy atom. The van der Waals surface area contributed by atoms with Crippen LogP contribution in [0.5, 0.6) is 0 Å². The monoisotopic (exact) mass is 300 g/mol. The van der Waals surface area contributed by atoms with Gasteiger partial charge in [-0.25, -0.2) is 0 Å². The fraction of sp³-hybridized carbons (Fsp3) is 0.235. The van der Waals surface area contributed by atoms with Gasteiger partial charge < -0.3 is 5.11 Å². The van der Waals surface area contributed by atoms with Crippen molar-refractivity contribution in [2.75, 3.05) is 0 Å². The van der Waals surface area contributed by atoms with Crippen LogP contribution in [-0.4, -0.2) is 14.9 Å². The minimum Gasteiger partial charge on any atom is -0.385 e. The minimum absolute atomic E-state index is 0.454. The molecule has 1 atom stereocenters. The Balaban J connectivity index is 1.99. The van der Waals surface area contributed by atoms with Crippen LogP contribution in [0.15, 0.2) is 48.5 Å². The van der Waals surface area contributed by atoms with E-state index in [1.165, 1.54) is 0 Å². The van der Waals surface area contributed by atoms with E-state index >= 15 is 0 Å². The number of benzene rings is 2. The first-order valence-electron chi connectivity index (χ1n) is 6.86. The highest BCUT2D eigenvalue weighted by molar-refractivity contribution is 6.30. The number of hydrogen-bond acceptors (Lipinski definition) is 2. The van der Waals surface area contributed by atoms with Crippen molar-refractivity contribution in [1.29, 1.82) is 0 Å². The SMILES string of the molecule is Cn1nc(CC(C)(O)c2ccc(Cl)cc2)c2ccccc21. The van der Waals surface area contributed by atoms with Gasteiger partial charge in [-0.1, -0.05) is 41.9 Å². The Kier molecular flexibility index (Phi) is 3.47. The van der Waals surface area contributed by atoms with Crippen LogP contribution in [-0.2, 0) is 19.1 Å². The molecule has 0 fully saturated rings. The van der Waals surface area contributed by atoms with E-state index in [2.05, 4.69) is 5.10 Å². The van der Waals surface area contributed by atoms with Gasteiger partial charge in [0.1, 0.15) is 0 Å². The Morgan fingerprint density at radius 1 is 1.14 bits per heavy atom. The summed E-state index contributed by atoms with van der Waals surface area (Å²) in [5.41, 5.74) is 1.82. The Morgan fingerprint density at radius 3 is 2.52 bits per heavy atom. The summed E-state index contributed by atoms with van der Waals surface area (Å²) in [6, 6.07) is 15.3. The van der Waals surface area contributed by atoms with Gasteiger partial charge in [0.25, 0.3) is 0 Å². The van der Waals surface area contributed by atoms with Crippen molar-refractivity contribution < 1.29 is 5.11 Å². The zero-order chi connectivity index (χ0) is 15.0. The van der Waals surface area contributed by atoms with Crippen LogP contribution in [0.4, 0.5) is 0 Å². The molecule has 21 heavy (non-hydrogen) atoms. The van der Waals surface area contributed by atoms with Crippen LogP contribution < -0.4 is 0 Å². The largest absolute Gasteiger partial charge is 0.385 e. The van der Waals surface area contributed by atoms with Crippen molar-refractivity contribution in [1.82, 2.24) is 9.78 Å². The van der Waals surface area contributed by atoms with Gasteiger partial charge in [0.15, 0.2) is 0 Å².